The number of rotatable bonds is 12. The Hall–Kier alpha value is -4.04. The molecule has 212 valence electrons. The Balaban J connectivity index is 1.50. The Morgan fingerprint density at radius 2 is 1.55 bits per heavy atom. The first-order chi connectivity index (χ1) is 19.5. The van der Waals surface area contributed by atoms with Crippen LogP contribution in [0.3, 0.4) is 0 Å². The lowest BCUT2D eigenvalue weighted by Crippen LogP contribution is -2.47. The van der Waals surface area contributed by atoms with Gasteiger partial charge in [0.2, 0.25) is 0 Å². The summed E-state index contributed by atoms with van der Waals surface area (Å²) in [4.78, 5) is 30.8. The number of piperazine rings is 1. The molecule has 8 heteroatoms. The van der Waals surface area contributed by atoms with Gasteiger partial charge in [-0.05, 0) is 67.8 Å². The highest BCUT2D eigenvalue weighted by atomic mass is 16.5. The normalized spacial score (nSPS) is 13.2. The van der Waals surface area contributed by atoms with Crippen LogP contribution in [0.15, 0.2) is 66.7 Å². The highest BCUT2D eigenvalue weighted by molar-refractivity contribution is 6.06. The van der Waals surface area contributed by atoms with Gasteiger partial charge >= 0.3 is 0 Å². The Labute approximate surface area is 237 Å². The van der Waals surface area contributed by atoms with E-state index in [4.69, 9.17) is 9.47 Å². The van der Waals surface area contributed by atoms with E-state index in [0.29, 0.717) is 36.6 Å². The van der Waals surface area contributed by atoms with Crippen LogP contribution in [0.4, 0.5) is 17.1 Å². The molecule has 0 saturated carbocycles. The van der Waals surface area contributed by atoms with Gasteiger partial charge in [-0.1, -0.05) is 31.2 Å². The molecule has 0 spiro atoms. The number of hydrogen-bond acceptors (Lipinski definition) is 6. The summed E-state index contributed by atoms with van der Waals surface area (Å²) >= 11 is 0. The first-order valence-electron chi connectivity index (χ1n) is 14.1. The van der Waals surface area contributed by atoms with E-state index in [1.54, 1.807) is 13.2 Å². The molecule has 2 amide bonds. The van der Waals surface area contributed by atoms with E-state index >= 15 is 0 Å². The summed E-state index contributed by atoms with van der Waals surface area (Å²) in [5.74, 6) is 0.485. The van der Waals surface area contributed by atoms with Crippen LogP contribution in [0, 0.1) is 0 Å². The monoisotopic (exact) mass is 544 g/mol. The predicted molar refractivity (Wildman–Crippen MR) is 161 cm³/mol. The third-order valence-electron chi connectivity index (χ3n) is 7.12. The molecule has 0 atom stereocenters. The van der Waals surface area contributed by atoms with E-state index in [-0.39, 0.29) is 11.8 Å². The van der Waals surface area contributed by atoms with Crippen molar-refractivity contribution in [1.82, 2.24) is 5.32 Å². The van der Waals surface area contributed by atoms with Crippen LogP contribution in [-0.2, 0) is 11.2 Å². The third-order valence-corrected chi connectivity index (χ3v) is 7.12. The largest absolute Gasteiger partial charge is 0.495 e. The maximum atomic E-state index is 13.4. The molecule has 1 saturated heterocycles. The second-order valence-corrected chi connectivity index (χ2v) is 9.69. The molecule has 0 radical (unpaired) electrons. The van der Waals surface area contributed by atoms with Crippen molar-refractivity contribution >= 4 is 28.9 Å². The summed E-state index contributed by atoms with van der Waals surface area (Å²) < 4.78 is 11.0. The number of benzene rings is 3. The van der Waals surface area contributed by atoms with Crippen LogP contribution in [0.5, 0.6) is 5.75 Å². The summed E-state index contributed by atoms with van der Waals surface area (Å²) in [5.41, 5.74) is 4.81. The molecule has 1 fully saturated rings. The van der Waals surface area contributed by atoms with E-state index in [2.05, 4.69) is 33.4 Å². The molecular weight excluding hydrogens is 504 g/mol. The van der Waals surface area contributed by atoms with Gasteiger partial charge in [0.1, 0.15) is 5.75 Å². The van der Waals surface area contributed by atoms with Crippen LogP contribution in [0.2, 0.25) is 0 Å². The molecule has 3 aromatic carbocycles. The number of carbonyl (C=O) groups is 2. The van der Waals surface area contributed by atoms with E-state index < -0.39 is 0 Å². The molecule has 1 heterocycles. The van der Waals surface area contributed by atoms with Gasteiger partial charge in [0.05, 0.1) is 18.4 Å². The molecule has 0 unspecified atom stereocenters. The van der Waals surface area contributed by atoms with Crippen molar-refractivity contribution < 1.29 is 19.1 Å². The van der Waals surface area contributed by atoms with Gasteiger partial charge in [-0.25, -0.2) is 0 Å². The van der Waals surface area contributed by atoms with Crippen molar-refractivity contribution in [2.45, 2.75) is 26.7 Å². The zero-order valence-electron chi connectivity index (χ0n) is 23.7. The highest BCUT2D eigenvalue weighted by Crippen LogP contribution is 2.31. The van der Waals surface area contributed by atoms with Crippen LogP contribution in [0.25, 0.3) is 0 Å². The predicted octanol–water partition coefficient (Wildman–Crippen LogP) is 4.99. The lowest BCUT2D eigenvalue weighted by molar-refractivity contribution is 0.0943. The maximum absolute atomic E-state index is 13.4. The Kier molecular flexibility index (Phi) is 10.4. The van der Waals surface area contributed by atoms with Crippen LogP contribution in [0.1, 0.15) is 46.5 Å². The van der Waals surface area contributed by atoms with Crippen molar-refractivity contribution in [3.05, 3.63) is 83.4 Å². The molecule has 0 aliphatic carbocycles. The van der Waals surface area contributed by atoms with Gasteiger partial charge in [0.25, 0.3) is 11.8 Å². The van der Waals surface area contributed by atoms with Gasteiger partial charge in [-0.3, -0.25) is 9.59 Å². The fraction of sp³-hybridized carbons (Fsp3) is 0.375. The van der Waals surface area contributed by atoms with Crippen molar-refractivity contribution in [1.29, 1.82) is 0 Å². The quantitative estimate of drug-likeness (QED) is 0.313. The highest BCUT2D eigenvalue weighted by Gasteiger charge is 2.24. The minimum absolute atomic E-state index is 0.165. The van der Waals surface area contributed by atoms with E-state index in [0.717, 1.165) is 56.1 Å². The number of aryl methyl sites for hydroxylation is 1. The molecular formula is C32H40N4O4. The summed E-state index contributed by atoms with van der Waals surface area (Å²) in [6.45, 7) is 8.89. The van der Waals surface area contributed by atoms with E-state index in [9.17, 15) is 9.59 Å². The second-order valence-electron chi connectivity index (χ2n) is 9.69. The third kappa shape index (κ3) is 7.33. The number of anilines is 3. The van der Waals surface area contributed by atoms with Crippen molar-refractivity contribution in [3.8, 4) is 5.75 Å². The Morgan fingerprint density at radius 3 is 2.23 bits per heavy atom. The molecule has 0 aromatic heterocycles. The summed E-state index contributed by atoms with van der Waals surface area (Å²) in [7, 11) is 1.69. The fourth-order valence-electron chi connectivity index (χ4n) is 4.86. The molecule has 0 bridgehead atoms. The van der Waals surface area contributed by atoms with Crippen molar-refractivity contribution in [3.63, 3.8) is 0 Å². The lowest BCUT2D eigenvalue weighted by Gasteiger charge is -2.38. The summed E-state index contributed by atoms with van der Waals surface area (Å²) in [6, 6.07) is 21.2. The van der Waals surface area contributed by atoms with E-state index in [1.807, 2.05) is 61.5 Å². The Morgan fingerprint density at radius 1 is 0.850 bits per heavy atom. The molecule has 1 aliphatic heterocycles. The fourth-order valence-corrected chi connectivity index (χ4v) is 4.86. The maximum Gasteiger partial charge on any atom is 0.255 e. The average Bonchev–Trinajstić information content (AvgIpc) is 3.01. The SMILES string of the molecule is CCOCCCNC(=O)c1cc(NC(=O)c2ccc(CC)cc2)ccc1N1CCN(c2ccccc2OC)CC1. The number of carbonyl (C=O) groups excluding carboxylic acids is 2. The first-order valence-corrected chi connectivity index (χ1v) is 14.1. The van der Waals surface area contributed by atoms with Crippen molar-refractivity contribution in [2.24, 2.45) is 0 Å². The van der Waals surface area contributed by atoms with Crippen LogP contribution < -0.4 is 25.2 Å². The molecule has 2 N–H and O–H groups in total. The van der Waals surface area contributed by atoms with Gasteiger partial charge in [0, 0.05) is 62.9 Å². The topological polar surface area (TPSA) is 83.1 Å². The van der Waals surface area contributed by atoms with Crippen molar-refractivity contribution in [2.75, 3.05) is 68.2 Å². The molecule has 4 rings (SSSR count). The summed E-state index contributed by atoms with van der Waals surface area (Å²) in [5, 5.41) is 5.99. The smallest absolute Gasteiger partial charge is 0.255 e. The standard InChI is InChI=1S/C32H40N4O4/c1-4-24-11-13-25(14-12-24)31(37)34-26-15-16-28(27(23-26)32(38)33-17-8-22-40-5-2)35-18-20-36(21-19-35)29-9-6-7-10-30(29)39-3/h6-7,9-16,23H,4-5,8,17-22H2,1-3H3,(H,33,38)(H,34,37). The van der Waals surface area contributed by atoms with E-state index in [1.165, 1.54) is 5.56 Å². The minimum atomic E-state index is -0.205. The van der Waals surface area contributed by atoms with Gasteiger partial charge in [-0.2, -0.15) is 0 Å². The molecule has 40 heavy (non-hydrogen) atoms. The number of amides is 2. The summed E-state index contributed by atoms with van der Waals surface area (Å²) in [6.07, 6.45) is 1.65. The van der Waals surface area contributed by atoms with Gasteiger partial charge in [0.15, 0.2) is 0 Å². The molecule has 1 aliphatic rings. The number of nitrogens with zero attached hydrogens (tertiary/aromatic N) is 2. The minimum Gasteiger partial charge on any atom is -0.495 e. The average molecular weight is 545 g/mol. The first kappa shape index (κ1) is 29.0. The number of nitrogens with one attached hydrogen (secondary N) is 2. The molecule has 8 nitrogen and oxygen atoms in total. The number of para-hydroxylation sites is 2. The zero-order valence-corrected chi connectivity index (χ0v) is 23.7. The zero-order chi connectivity index (χ0) is 28.3. The second kappa shape index (κ2) is 14.4. The van der Waals surface area contributed by atoms with Crippen LogP contribution >= 0.6 is 0 Å². The molecule has 3 aromatic rings. The number of methoxy groups -OCH3 is 1. The number of hydrogen-bond donors (Lipinski definition) is 2. The van der Waals surface area contributed by atoms with Crippen LogP contribution in [-0.4, -0.2) is 64.9 Å². The van der Waals surface area contributed by atoms with Gasteiger partial charge < -0.3 is 29.9 Å². The Bertz CT molecular complexity index is 1270. The lowest BCUT2D eigenvalue weighted by atomic mass is 10.1. The van der Waals surface area contributed by atoms with Gasteiger partial charge in [-0.15, -0.1) is 0 Å². The number of ether oxygens (including phenoxy) is 2.